The predicted molar refractivity (Wildman–Crippen MR) is 45.8 cm³/mol. The zero-order valence-electron chi connectivity index (χ0n) is 7.13. The first-order chi connectivity index (χ1) is 5.36. The summed E-state index contributed by atoms with van der Waals surface area (Å²) in [5.41, 5.74) is 0. The molecule has 1 heterocycles. The van der Waals surface area contributed by atoms with Gasteiger partial charge in [-0.05, 0) is 24.7 Å². The minimum absolute atomic E-state index is 0.933. The molecule has 1 saturated carbocycles. The number of hydrazine groups is 1. The Morgan fingerprint density at radius 2 is 1.73 bits per heavy atom. The zero-order valence-corrected chi connectivity index (χ0v) is 7.13. The van der Waals surface area contributed by atoms with Crippen LogP contribution in [0.4, 0.5) is 0 Å². The van der Waals surface area contributed by atoms with Crippen LogP contribution in [0.25, 0.3) is 0 Å². The van der Waals surface area contributed by atoms with Gasteiger partial charge >= 0.3 is 0 Å². The van der Waals surface area contributed by atoms with Crippen LogP contribution in [0.2, 0.25) is 0 Å². The Labute approximate surface area is 68.7 Å². The Balaban J connectivity index is 1.93. The Kier molecular flexibility index (Phi) is 2.14. The monoisotopic (exact) mass is 154 g/mol. The number of fused-ring (bicyclic) bond motifs is 1. The van der Waals surface area contributed by atoms with Crippen molar-refractivity contribution in [1.29, 1.82) is 0 Å². The fourth-order valence-electron chi connectivity index (χ4n) is 2.63. The second-order valence-corrected chi connectivity index (χ2v) is 4.09. The van der Waals surface area contributed by atoms with Crippen LogP contribution in [0.3, 0.4) is 0 Å². The zero-order chi connectivity index (χ0) is 7.68. The highest BCUT2D eigenvalue weighted by Gasteiger charge is 2.29. The summed E-state index contributed by atoms with van der Waals surface area (Å²) in [4.78, 5) is 0. The number of hydrogen-bond acceptors (Lipinski definition) is 2. The highest BCUT2D eigenvalue weighted by atomic mass is 15.4. The first-order valence-corrected chi connectivity index (χ1v) is 4.86. The minimum Gasteiger partial charge on any atom is -0.269 e. The third-order valence-electron chi connectivity index (χ3n) is 3.32. The third kappa shape index (κ3) is 1.57. The van der Waals surface area contributed by atoms with Crippen molar-refractivity contribution in [2.75, 3.05) is 13.1 Å². The van der Waals surface area contributed by atoms with Crippen molar-refractivity contribution in [1.82, 2.24) is 5.01 Å². The molecule has 0 aromatic rings. The molecule has 2 N–H and O–H groups in total. The van der Waals surface area contributed by atoms with Gasteiger partial charge in [0.2, 0.25) is 0 Å². The quantitative estimate of drug-likeness (QED) is 0.534. The standard InChI is InChI=1S/C9H18N2/c10-11-6-5-8-3-1-2-4-9(8)7-11/h8-9H,1-7,10H2/t8-,9-/m1/s1. The maximum Gasteiger partial charge on any atom is 0.0159 e. The van der Waals surface area contributed by atoms with Crippen molar-refractivity contribution in [3.8, 4) is 0 Å². The molecule has 1 aliphatic heterocycles. The van der Waals surface area contributed by atoms with Crippen LogP contribution in [0.5, 0.6) is 0 Å². The summed E-state index contributed by atoms with van der Waals surface area (Å²) >= 11 is 0. The van der Waals surface area contributed by atoms with E-state index in [1.807, 2.05) is 5.01 Å². The molecule has 0 aromatic heterocycles. The van der Waals surface area contributed by atoms with Crippen LogP contribution in [0.1, 0.15) is 32.1 Å². The molecule has 2 heteroatoms. The SMILES string of the molecule is NN1CC[C@H]2CCCC[C@@H]2C1. The molecule has 2 fully saturated rings. The largest absolute Gasteiger partial charge is 0.269 e. The average Bonchev–Trinajstić information content (AvgIpc) is 2.04. The van der Waals surface area contributed by atoms with E-state index in [0.29, 0.717) is 0 Å². The average molecular weight is 154 g/mol. The van der Waals surface area contributed by atoms with E-state index in [2.05, 4.69) is 0 Å². The van der Waals surface area contributed by atoms with E-state index in [0.717, 1.165) is 24.9 Å². The highest BCUT2D eigenvalue weighted by molar-refractivity contribution is 4.81. The van der Waals surface area contributed by atoms with E-state index in [-0.39, 0.29) is 0 Å². The molecule has 0 bridgehead atoms. The van der Waals surface area contributed by atoms with Crippen molar-refractivity contribution in [2.24, 2.45) is 17.7 Å². The molecule has 0 amide bonds. The molecule has 11 heavy (non-hydrogen) atoms. The maximum absolute atomic E-state index is 5.78. The number of hydrogen-bond donors (Lipinski definition) is 1. The number of piperidine rings is 1. The van der Waals surface area contributed by atoms with Crippen LogP contribution in [0, 0.1) is 11.8 Å². The summed E-state index contributed by atoms with van der Waals surface area (Å²) in [6.45, 7) is 2.28. The van der Waals surface area contributed by atoms with Gasteiger partial charge in [-0.25, -0.2) is 5.01 Å². The first kappa shape index (κ1) is 7.56. The Hall–Kier alpha value is -0.0800. The molecule has 2 atom stereocenters. The smallest absolute Gasteiger partial charge is 0.0159 e. The molecular formula is C9H18N2. The van der Waals surface area contributed by atoms with Crippen molar-refractivity contribution in [3.63, 3.8) is 0 Å². The predicted octanol–water partition coefficient (Wildman–Crippen LogP) is 1.37. The Morgan fingerprint density at radius 1 is 1.00 bits per heavy atom. The van der Waals surface area contributed by atoms with Crippen LogP contribution in [0.15, 0.2) is 0 Å². The van der Waals surface area contributed by atoms with Crippen LogP contribution >= 0.6 is 0 Å². The Morgan fingerprint density at radius 3 is 2.55 bits per heavy atom. The number of nitrogens with two attached hydrogens (primary N) is 1. The van der Waals surface area contributed by atoms with Gasteiger partial charge < -0.3 is 0 Å². The van der Waals surface area contributed by atoms with E-state index < -0.39 is 0 Å². The van der Waals surface area contributed by atoms with Crippen LogP contribution < -0.4 is 5.84 Å². The van der Waals surface area contributed by atoms with Crippen molar-refractivity contribution < 1.29 is 0 Å². The molecule has 2 aliphatic rings. The van der Waals surface area contributed by atoms with Crippen molar-refractivity contribution >= 4 is 0 Å². The normalized spacial score (nSPS) is 40.1. The van der Waals surface area contributed by atoms with Crippen molar-refractivity contribution in [2.45, 2.75) is 32.1 Å². The summed E-state index contributed by atoms with van der Waals surface area (Å²) in [5.74, 6) is 7.73. The van der Waals surface area contributed by atoms with E-state index >= 15 is 0 Å². The molecule has 64 valence electrons. The summed E-state index contributed by atoms with van der Waals surface area (Å²) in [5, 5.41) is 2.01. The molecular weight excluding hydrogens is 136 g/mol. The lowest BCUT2D eigenvalue weighted by atomic mass is 9.75. The van der Waals surface area contributed by atoms with Gasteiger partial charge in [0.15, 0.2) is 0 Å². The van der Waals surface area contributed by atoms with Gasteiger partial charge in [0.1, 0.15) is 0 Å². The molecule has 1 aliphatic carbocycles. The van der Waals surface area contributed by atoms with Crippen LogP contribution in [-0.4, -0.2) is 18.1 Å². The lowest BCUT2D eigenvalue weighted by molar-refractivity contribution is 0.0874. The first-order valence-electron chi connectivity index (χ1n) is 4.86. The molecule has 1 saturated heterocycles. The number of rotatable bonds is 0. The number of nitrogens with zero attached hydrogens (tertiary/aromatic N) is 1. The van der Waals surface area contributed by atoms with Gasteiger partial charge in [-0.2, -0.15) is 0 Å². The van der Waals surface area contributed by atoms with Gasteiger partial charge in [0.25, 0.3) is 0 Å². The van der Waals surface area contributed by atoms with Gasteiger partial charge in [-0.3, -0.25) is 5.84 Å². The summed E-state index contributed by atoms with van der Waals surface area (Å²) in [7, 11) is 0. The molecule has 0 unspecified atom stereocenters. The molecule has 0 radical (unpaired) electrons. The molecule has 2 rings (SSSR count). The van der Waals surface area contributed by atoms with Crippen molar-refractivity contribution in [3.05, 3.63) is 0 Å². The third-order valence-corrected chi connectivity index (χ3v) is 3.32. The summed E-state index contributed by atoms with van der Waals surface area (Å²) < 4.78 is 0. The van der Waals surface area contributed by atoms with Gasteiger partial charge in [-0.15, -0.1) is 0 Å². The molecule has 0 spiro atoms. The maximum atomic E-state index is 5.78. The van der Waals surface area contributed by atoms with Gasteiger partial charge in [0, 0.05) is 13.1 Å². The minimum atomic E-state index is 0.933. The summed E-state index contributed by atoms with van der Waals surface area (Å²) in [6, 6.07) is 0. The fraction of sp³-hybridized carbons (Fsp3) is 1.00. The van der Waals surface area contributed by atoms with Gasteiger partial charge in [0.05, 0.1) is 0 Å². The van der Waals surface area contributed by atoms with Crippen LogP contribution in [-0.2, 0) is 0 Å². The highest BCUT2D eigenvalue weighted by Crippen LogP contribution is 2.34. The second-order valence-electron chi connectivity index (χ2n) is 4.09. The molecule has 2 nitrogen and oxygen atoms in total. The fourth-order valence-corrected chi connectivity index (χ4v) is 2.63. The van der Waals surface area contributed by atoms with E-state index in [1.165, 1.54) is 32.1 Å². The molecule has 0 aromatic carbocycles. The van der Waals surface area contributed by atoms with Gasteiger partial charge in [-0.1, -0.05) is 19.3 Å². The second kappa shape index (κ2) is 3.11. The van der Waals surface area contributed by atoms with E-state index in [4.69, 9.17) is 5.84 Å². The van der Waals surface area contributed by atoms with E-state index in [1.54, 1.807) is 0 Å². The topological polar surface area (TPSA) is 29.3 Å². The lowest BCUT2D eigenvalue weighted by Gasteiger charge is -2.39. The lowest BCUT2D eigenvalue weighted by Crippen LogP contribution is -2.45. The Bertz CT molecular complexity index is 136. The van der Waals surface area contributed by atoms with E-state index in [9.17, 15) is 0 Å². The summed E-state index contributed by atoms with van der Waals surface area (Å²) in [6.07, 6.45) is 7.15.